The van der Waals surface area contributed by atoms with E-state index in [9.17, 15) is 9.59 Å². The number of carbonyl (C=O) groups excluding carboxylic acids is 2. The van der Waals surface area contributed by atoms with Crippen molar-refractivity contribution in [2.24, 2.45) is 0 Å². The summed E-state index contributed by atoms with van der Waals surface area (Å²) >= 11 is 0. The Kier molecular flexibility index (Phi) is 6.68. The molecular formula is C15H23N3O3. The molecule has 0 bridgehead atoms. The molecule has 0 aliphatic heterocycles. The third-order valence-corrected chi connectivity index (χ3v) is 2.96. The Balaban J connectivity index is 2.85. The Labute approximate surface area is 125 Å². The first-order valence-electron chi connectivity index (χ1n) is 6.83. The fraction of sp³-hybridized carbons (Fsp3) is 0.467. The van der Waals surface area contributed by atoms with Crippen LogP contribution in [0.25, 0.3) is 0 Å². The predicted molar refractivity (Wildman–Crippen MR) is 82.8 cm³/mol. The summed E-state index contributed by atoms with van der Waals surface area (Å²) in [4.78, 5) is 25.3. The molecule has 6 heteroatoms. The van der Waals surface area contributed by atoms with Crippen LogP contribution in [-0.4, -0.2) is 51.5 Å². The molecule has 2 amide bonds. The van der Waals surface area contributed by atoms with E-state index in [1.165, 1.54) is 12.0 Å². The summed E-state index contributed by atoms with van der Waals surface area (Å²) < 4.78 is 5.22. The molecule has 0 aromatic heterocycles. The molecule has 0 aliphatic rings. The monoisotopic (exact) mass is 293 g/mol. The number of rotatable bonds is 7. The van der Waals surface area contributed by atoms with Gasteiger partial charge in [-0.2, -0.15) is 0 Å². The predicted octanol–water partition coefficient (Wildman–Crippen LogP) is 1.34. The van der Waals surface area contributed by atoms with Crippen molar-refractivity contribution in [2.45, 2.75) is 12.8 Å². The zero-order valence-electron chi connectivity index (χ0n) is 13.0. The fourth-order valence-electron chi connectivity index (χ4n) is 1.84. The number of benzene rings is 1. The molecule has 0 atom stereocenters. The van der Waals surface area contributed by atoms with Gasteiger partial charge in [-0.25, -0.2) is 0 Å². The van der Waals surface area contributed by atoms with E-state index in [1.54, 1.807) is 32.3 Å². The zero-order chi connectivity index (χ0) is 15.8. The molecule has 116 valence electrons. The Bertz CT molecular complexity index is 501. The molecule has 0 unspecified atom stereocenters. The molecule has 1 aromatic rings. The van der Waals surface area contributed by atoms with Crippen molar-refractivity contribution in [1.29, 1.82) is 0 Å². The van der Waals surface area contributed by atoms with Gasteiger partial charge in [0.05, 0.1) is 12.8 Å². The van der Waals surface area contributed by atoms with E-state index in [4.69, 9.17) is 4.74 Å². The topological polar surface area (TPSA) is 70.7 Å². The minimum absolute atomic E-state index is 0.0991. The van der Waals surface area contributed by atoms with Crippen LogP contribution >= 0.6 is 0 Å². The summed E-state index contributed by atoms with van der Waals surface area (Å²) in [5, 5.41) is 5.78. The first-order valence-corrected chi connectivity index (χ1v) is 6.83. The quantitative estimate of drug-likeness (QED) is 0.744. The van der Waals surface area contributed by atoms with Gasteiger partial charge in [-0.05, 0) is 38.2 Å². The normalized spacial score (nSPS) is 10.1. The summed E-state index contributed by atoms with van der Waals surface area (Å²) in [6.07, 6.45) is 1.16. The van der Waals surface area contributed by atoms with Gasteiger partial charge in [-0.1, -0.05) is 0 Å². The SMILES string of the molecule is CNCCCC(=O)Nc1cc(C(=O)N(C)C)ccc1OC. The number of methoxy groups -OCH3 is 1. The van der Waals surface area contributed by atoms with E-state index in [2.05, 4.69) is 10.6 Å². The highest BCUT2D eigenvalue weighted by Crippen LogP contribution is 2.26. The summed E-state index contributed by atoms with van der Waals surface area (Å²) in [6.45, 7) is 0.781. The smallest absolute Gasteiger partial charge is 0.253 e. The molecule has 6 nitrogen and oxygen atoms in total. The maximum absolute atomic E-state index is 12.0. The largest absolute Gasteiger partial charge is 0.495 e. The Morgan fingerprint density at radius 2 is 2.00 bits per heavy atom. The average molecular weight is 293 g/mol. The van der Waals surface area contributed by atoms with E-state index in [0.717, 1.165) is 13.0 Å². The molecule has 0 fully saturated rings. The maximum atomic E-state index is 12.0. The number of carbonyl (C=O) groups is 2. The molecule has 1 rings (SSSR count). The van der Waals surface area contributed by atoms with Crippen LogP contribution in [0.2, 0.25) is 0 Å². The van der Waals surface area contributed by atoms with Crippen LogP contribution in [0, 0.1) is 0 Å². The first-order chi connectivity index (χ1) is 9.99. The second-order valence-corrected chi connectivity index (χ2v) is 4.87. The lowest BCUT2D eigenvalue weighted by Crippen LogP contribution is -2.22. The highest BCUT2D eigenvalue weighted by atomic mass is 16.5. The van der Waals surface area contributed by atoms with Crippen LogP contribution in [0.5, 0.6) is 5.75 Å². The third kappa shape index (κ3) is 5.07. The summed E-state index contributed by atoms with van der Waals surface area (Å²) in [7, 11) is 6.74. The molecule has 2 N–H and O–H groups in total. The van der Waals surface area contributed by atoms with Crippen molar-refractivity contribution in [3.63, 3.8) is 0 Å². The van der Waals surface area contributed by atoms with Crippen LogP contribution in [0.3, 0.4) is 0 Å². The van der Waals surface area contributed by atoms with Gasteiger partial charge in [0.1, 0.15) is 5.75 Å². The van der Waals surface area contributed by atoms with Crippen molar-refractivity contribution >= 4 is 17.5 Å². The minimum Gasteiger partial charge on any atom is -0.495 e. The zero-order valence-corrected chi connectivity index (χ0v) is 13.0. The number of nitrogens with zero attached hydrogens (tertiary/aromatic N) is 1. The van der Waals surface area contributed by atoms with Gasteiger partial charge in [-0.15, -0.1) is 0 Å². The minimum atomic E-state index is -0.122. The van der Waals surface area contributed by atoms with Gasteiger partial charge in [0.25, 0.3) is 5.91 Å². The van der Waals surface area contributed by atoms with Crippen LogP contribution in [0.15, 0.2) is 18.2 Å². The molecule has 21 heavy (non-hydrogen) atoms. The van der Waals surface area contributed by atoms with Gasteiger partial charge in [0, 0.05) is 26.1 Å². The second kappa shape index (κ2) is 8.26. The Morgan fingerprint density at radius 3 is 2.57 bits per heavy atom. The van der Waals surface area contributed by atoms with E-state index in [1.807, 2.05) is 7.05 Å². The lowest BCUT2D eigenvalue weighted by atomic mass is 10.1. The van der Waals surface area contributed by atoms with Crippen molar-refractivity contribution in [1.82, 2.24) is 10.2 Å². The number of nitrogens with one attached hydrogen (secondary N) is 2. The maximum Gasteiger partial charge on any atom is 0.253 e. The van der Waals surface area contributed by atoms with Crippen LogP contribution in [0.1, 0.15) is 23.2 Å². The fourth-order valence-corrected chi connectivity index (χ4v) is 1.84. The van der Waals surface area contributed by atoms with Crippen LogP contribution < -0.4 is 15.4 Å². The third-order valence-electron chi connectivity index (χ3n) is 2.96. The molecule has 0 heterocycles. The van der Waals surface area contributed by atoms with E-state index in [-0.39, 0.29) is 11.8 Å². The van der Waals surface area contributed by atoms with Crippen LogP contribution in [0.4, 0.5) is 5.69 Å². The van der Waals surface area contributed by atoms with Gasteiger partial charge in [0.15, 0.2) is 0 Å². The van der Waals surface area contributed by atoms with Gasteiger partial charge in [-0.3, -0.25) is 9.59 Å². The highest BCUT2D eigenvalue weighted by Gasteiger charge is 2.13. The first kappa shape index (κ1) is 17.0. The Morgan fingerprint density at radius 1 is 1.29 bits per heavy atom. The standard InChI is InChI=1S/C15H23N3O3/c1-16-9-5-6-14(19)17-12-10-11(15(20)18(2)3)7-8-13(12)21-4/h7-8,10,16H,5-6,9H2,1-4H3,(H,17,19). The number of anilines is 1. The lowest BCUT2D eigenvalue weighted by molar-refractivity contribution is -0.116. The average Bonchev–Trinajstić information content (AvgIpc) is 2.46. The van der Waals surface area contributed by atoms with Gasteiger partial charge >= 0.3 is 0 Å². The number of amides is 2. The summed E-state index contributed by atoms with van der Waals surface area (Å²) in [5.74, 6) is 0.314. The molecule has 0 saturated carbocycles. The summed E-state index contributed by atoms with van der Waals surface area (Å²) in [5.41, 5.74) is 1.02. The van der Waals surface area contributed by atoms with E-state index < -0.39 is 0 Å². The van der Waals surface area contributed by atoms with Gasteiger partial charge in [0.2, 0.25) is 5.91 Å². The number of ether oxygens (including phenoxy) is 1. The van der Waals surface area contributed by atoms with Crippen molar-refractivity contribution in [2.75, 3.05) is 40.1 Å². The molecular weight excluding hydrogens is 270 g/mol. The number of hydrogen-bond donors (Lipinski definition) is 2. The van der Waals surface area contributed by atoms with Crippen LogP contribution in [-0.2, 0) is 4.79 Å². The molecule has 0 saturated heterocycles. The molecule has 1 aromatic carbocycles. The summed E-state index contributed by atoms with van der Waals surface area (Å²) in [6, 6.07) is 4.99. The lowest BCUT2D eigenvalue weighted by Gasteiger charge is -2.14. The Hall–Kier alpha value is -2.08. The molecule has 0 spiro atoms. The van der Waals surface area contributed by atoms with E-state index in [0.29, 0.717) is 23.4 Å². The highest BCUT2D eigenvalue weighted by molar-refractivity contribution is 5.98. The molecule has 0 aliphatic carbocycles. The number of hydrogen-bond acceptors (Lipinski definition) is 4. The molecule has 0 radical (unpaired) electrons. The second-order valence-electron chi connectivity index (χ2n) is 4.87. The van der Waals surface area contributed by atoms with Crippen molar-refractivity contribution in [3.05, 3.63) is 23.8 Å². The van der Waals surface area contributed by atoms with Gasteiger partial charge < -0.3 is 20.3 Å². The van der Waals surface area contributed by atoms with E-state index >= 15 is 0 Å². The van der Waals surface area contributed by atoms with Crippen molar-refractivity contribution in [3.8, 4) is 5.75 Å². The van der Waals surface area contributed by atoms with Crippen molar-refractivity contribution < 1.29 is 14.3 Å².